The molecule has 3 nitrogen and oxygen atoms in total. The van der Waals surface area contributed by atoms with Crippen LogP contribution in [0, 0.1) is 0 Å². The van der Waals surface area contributed by atoms with Gasteiger partial charge < -0.3 is 14.6 Å². The predicted octanol–water partition coefficient (Wildman–Crippen LogP) is 3.92. The topological polar surface area (TPSA) is 38.7 Å². The third-order valence-electron chi connectivity index (χ3n) is 4.06. The number of hydrogen-bond acceptors (Lipinski definition) is 4. The number of aliphatic hydroxyl groups excluding tert-OH is 1. The van der Waals surface area contributed by atoms with Crippen molar-refractivity contribution in [3.8, 4) is 5.75 Å². The molecule has 2 aliphatic rings. The summed E-state index contributed by atoms with van der Waals surface area (Å²) in [6.45, 7) is 0.574. The Labute approximate surface area is 138 Å². The van der Waals surface area contributed by atoms with E-state index in [1.165, 1.54) is 0 Å². The summed E-state index contributed by atoms with van der Waals surface area (Å²) in [4.78, 5) is 0. The number of halogens is 2. The number of benzene rings is 1. The standard InChI is InChI=1S/C15H18Cl2O3S/c16-11-5-10(8-18)14(13(17)6-11)20-12-1-3-19-15(7-12)2-4-21-9-15/h5-6,12,18H,1-4,7-9H2. The maximum absolute atomic E-state index is 9.48. The van der Waals surface area contributed by atoms with Gasteiger partial charge in [-0.25, -0.2) is 0 Å². The maximum atomic E-state index is 9.48. The molecule has 2 unspecified atom stereocenters. The first-order valence-corrected chi connectivity index (χ1v) is 9.00. The van der Waals surface area contributed by atoms with Gasteiger partial charge in [0.25, 0.3) is 0 Å². The van der Waals surface area contributed by atoms with E-state index < -0.39 is 0 Å². The molecule has 2 saturated heterocycles. The molecule has 2 heterocycles. The van der Waals surface area contributed by atoms with Gasteiger partial charge in [-0.2, -0.15) is 11.8 Å². The van der Waals surface area contributed by atoms with E-state index in [-0.39, 0.29) is 18.3 Å². The van der Waals surface area contributed by atoms with E-state index in [4.69, 9.17) is 32.7 Å². The SMILES string of the molecule is OCc1cc(Cl)cc(Cl)c1OC1CCOC2(CCSC2)C1. The van der Waals surface area contributed by atoms with E-state index in [0.29, 0.717) is 28.0 Å². The Balaban J connectivity index is 1.77. The second-order valence-electron chi connectivity index (χ2n) is 5.60. The summed E-state index contributed by atoms with van der Waals surface area (Å²) in [6, 6.07) is 3.35. The first-order chi connectivity index (χ1) is 10.1. The largest absolute Gasteiger partial charge is 0.488 e. The molecule has 3 rings (SSSR count). The van der Waals surface area contributed by atoms with E-state index in [1.807, 2.05) is 11.8 Å². The molecule has 0 saturated carbocycles. The minimum Gasteiger partial charge on any atom is -0.488 e. The van der Waals surface area contributed by atoms with Gasteiger partial charge >= 0.3 is 0 Å². The van der Waals surface area contributed by atoms with Crippen LogP contribution in [0.3, 0.4) is 0 Å². The lowest BCUT2D eigenvalue weighted by atomic mass is 9.91. The number of hydrogen-bond donors (Lipinski definition) is 1. The van der Waals surface area contributed by atoms with Gasteiger partial charge in [0.15, 0.2) is 0 Å². The minimum atomic E-state index is -0.139. The number of ether oxygens (including phenoxy) is 2. The third-order valence-corrected chi connectivity index (χ3v) is 5.78. The lowest BCUT2D eigenvalue weighted by Crippen LogP contribution is -2.44. The summed E-state index contributed by atoms with van der Waals surface area (Å²) in [5.74, 6) is 2.74. The fraction of sp³-hybridized carbons (Fsp3) is 0.600. The van der Waals surface area contributed by atoms with Crippen molar-refractivity contribution in [1.29, 1.82) is 0 Å². The summed E-state index contributed by atoms with van der Waals surface area (Å²) in [5.41, 5.74) is 0.597. The van der Waals surface area contributed by atoms with Gasteiger partial charge in [0.05, 0.1) is 23.8 Å². The Hall–Kier alpha value is -0.130. The van der Waals surface area contributed by atoms with Gasteiger partial charge in [0.2, 0.25) is 0 Å². The van der Waals surface area contributed by atoms with Crippen LogP contribution in [-0.2, 0) is 11.3 Å². The van der Waals surface area contributed by atoms with Crippen LogP contribution in [0.15, 0.2) is 12.1 Å². The Kier molecular flexibility index (Phi) is 4.91. The van der Waals surface area contributed by atoms with Gasteiger partial charge in [-0.3, -0.25) is 0 Å². The molecule has 1 aromatic rings. The fourth-order valence-electron chi connectivity index (χ4n) is 2.98. The summed E-state index contributed by atoms with van der Waals surface area (Å²) >= 11 is 14.1. The Bertz CT molecular complexity index is 518. The molecule has 0 aromatic heterocycles. The van der Waals surface area contributed by atoms with Crippen molar-refractivity contribution >= 4 is 35.0 Å². The van der Waals surface area contributed by atoms with Gasteiger partial charge in [-0.15, -0.1) is 0 Å². The highest BCUT2D eigenvalue weighted by atomic mass is 35.5. The lowest BCUT2D eigenvalue weighted by Gasteiger charge is -2.38. The van der Waals surface area contributed by atoms with Crippen molar-refractivity contribution in [1.82, 2.24) is 0 Å². The Morgan fingerprint density at radius 3 is 3.00 bits per heavy atom. The first-order valence-electron chi connectivity index (χ1n) is 7.09. The summed E-state index contributed by atoms with van der Waals surface area (Å²) in [7, 11) is 0. The normalized spacial score (nSPS) is 29.0. The monoisotopic (exact) mass is 348 g/mol. The van der Waals surface area contributed by atoms with Crippen LogP contribution in [0.2, 0.25) is 10.0 Å². The second-order valence-corrected chi connectivity index (χ2v) is 7.55. The molecule has 6 heteroatoms. The fourth-order valence-corrected chi connectivity index (χ4v) is 4.93. The molecule has 1 spiro atoms. The number of aliphatic hydroxyl groups is 1. The van der Waals surface area contributed by atoms with E-state index in [1.54, 1.807) is 12.1 Å². The lowest BCUT2D eigenvalue weighted by molar-refractivity contribution is -0.0961. The van der Waals surface area contributed by atoms with Gasteiger partial charge in [-0.1, -0.05) is 23.2 Å². The quantitative estimate of drug-likeness (QED) is 0.898. The second kappa shape index (κ2) is 6.55. The Morgan fingerprint density at radius 2 is 2.29 bits per heavy atom. The van der Waals surface area contributed by atoms with Gasteiger partial charge in [0, 0.05) is 29.2 Å². The molecule has 2 atom stereocenters. The van der Waals surface area contributed by atoms with E-state index in [0.717, 1.165) is 30.8 Å². The van der Waals surface area contributed by atoms with Crippen molar-refractivity contribution < 1.29 is 14.6 Å². The van der Waals surface area contributed by atoms with Crippen molar-refractivity contribution in [3.05, 3.63) is 27.7 Å². The molecule has 116 valence electrons. The average molecular weight is 349 g/mol. The van der Waals surface area contributed by atoms with Gasteiger partial charge in [-0.05, 0) is 24.3 Å². The minimum absolute atomic E-state index is 0.0359. The molecular weight excluding hydrogens is 331 g/mol. The number of rotatable bonds is 3. The first kappa shape index (κ1) is 15.8. The molecule has 0 bridgehead atoms. The zero-order chi connectivity index (χ0) is 14.9. The highest BCUT2D eigenvalue weighted by Crippen LogP contribution is 2.41. The molecule has 0 radical (unpaired) electrons. The van der Waals surface area contributed by atoms with Gasteiger partial charge in [0.1, 0.15) is 11.9 Å². The number of thioether (sulfide) groups is 1. The smallest absolute Gasteiger partial charge is 0.143 e. The van der Waals surface area contributed by atoms with Crippen LogP contribution >= 0.6 is 35.0 Å². The van der Waals surface area contributed by atoms with Crippen molar-refractivity contribution in [3.63, 3.8) is 0 Å². The molecule has 1 N–H and O–H groups in total. The molecule has 0 aliphatic carbocycles. The Morgan fingerprint density at radius 1 is 1.43 bits per heavy atom. The highest BCUT2D eigenvalue weighted by Gasteiger charge is 2.41. The van der Waals surface area contributed by atoms with Crippen LogP contribution < -0.4 is 4.74 Å². The summed E-state index contributed by atoms with van der Waals surface area (Å²) < 4.78 is 12.1. The maximum Gasteiger partial charge on any atom is 0.143 e. The molecule has 21 heavy (non-hydrogen) atoms. The van der Waals surface area contributed by atoms with Crippen molar-refractivity contribution in [2.24, 2.45) is 0 Å². The molecule has 0 amide bonds. The van der Waals surface area contributed by atoms with Crippen molar-refractivity contribution in [2.45, 2.75) is 37.6 Å². The molecule has 2 fully saturated rings. The highest BCUT2D eigenvalue weighted by molar-refractivity contribution is 7.99. The van der Waals surface area contributed by atoms with E-state index in [9.17, 15) is 5.11 Å². The van der Waals surface area contributed by atoms with Crippen LogP contribution in [0.4, 0.5) is 0 Å². The molecule has 1 aromatic carbocycles. The molecule has 2 aliphatic heterocycles. The van der Waals surface area contributed by atoms with Crippen LogP contribution in [0.1, 0.15) is 24.8 Å². The third kappa shape index (κ3) is 3.45. The zero-order valence-electron chi connectivity index (χ0n) is 11.6. The van der Waals surface area contributed by atoms with E-state index in [2.05, 4.69) is 0 Å². The van der Waals surface area contributed by atoms with Crippen LogP contribution in [0.25, 0.3) is 0 Å². The van der Waals surface area contributed by atoms with Crippen LogP contribution in [0.5, 0.6) is 5.75 Å². The zero-order valence-corrected chi connectivity index (χ0v) is 13.9. The van der Waals surface area contributed by atoms with E-state index >= 15 is 0 Å². The van der Waals surface area contributed by atoms with Crippen LogP contribution in [-0.4, -0.2) is 34.9 Å². The molecular formula is C15H18Cl2O3S. The van der Waals surface area contributed by atoms with Crippen molar-refractivity contribution in [2.75, 3.05) is 18.1 Å². The average Bonchev–Trinajstić information content (AvgIpc) is 2.89. The summed E-state index contributed by atoms with van der Waals surface area (Å²) in [5, 5.41) is 10.4. The predicted molar refractivity (Wildman–Crippen MR) is 86.7 cm³/mol. The summed E-state index contributed by atoms with van der Waals surface area (Å²) in [6.07, 6.45) is 2.88.